The van der Waals surface area contributed by atoms with Crippen LogP contribution in [0.25, 0.3) is 0 Å². The summed E-state index contributed by atoms with van der Waals surface area (Å²) in [5.41, 5.74) is 1.04. The number of benzene rings is 1. The van der Waals surface area contributed by atoms with Crippen LogP contribution in [0.15, 0.2) is 18.2 Å². The summed E-state index contributed by atoms with van der Waals surface area (Å²) < 4.78 is 0. The first-order valence-electron chi connectivity index (χ1n) is 7.33. The standard InChI is InChI=1S/C15H22N4O3/c1-16(2)14-6-5-12(19(21)22)11-13(14)15(20)18-8-4-7-17(3)9-10-18/h5-6,11H,4,7-10H2,1-3H3. The van der Waals surface area contributed by atoms with Crippen molar-refractivity contribution in [2.45, 2.75) is 6.42 Å². The average molecular weight is 306 g/mol. The number of amides is 1. The van der Waals surface area contributed by atoms with Crippen molar-refractivity contribution in [2.75, 3.05) is 52.2 Å². The third kappa shape index (κ3) is 3.54. The summed E-state index contributed by atoms with van der Waals surface area (Å²) in [4.78, 5) is 29.1. The van der Waals surface area contributed by atoms with E-state index in [1.54, 1.807) is 15.9 Å². The molecule has 7 heteroatoms. The number of carbonyl (C=O) groups is 1. The first-order valence-corrected chi connectivity index (χ1v) is 7.33. The Morgan fingerprint density at radius 1 is 1.23 bits per heavy atom. The van der Waals surface area contributed by atoms with E-state index in [9.17, 15) is 14.9 Å². The fourth-order valence-electron chi connectivity index (χ4n) is 2.62. The minimum Gasteiger partial charge on any atom is -0.377 e. The number of nitro groups is 1. The van der Waals surface area contributed by atoms with E-state index in [-0.39, 0.29) is 11.6 Å². The van der Waals surface area contributed by atoms with Crippen LogP contribution in [0.1, 0.15) is 16.8 Å². The molecule has 0 atom stereocenters. The molecule has 1 fully saturated rings. The van der Waals surface area contributed by atoms with E-state index in [4.69, 9.17) is 0 Å². The highest BCUT2D eigenvalue weighted by molar-refractivity contribution is 6.00. The Morgan fingerprint density at radius 2 is 1.95 bits per heavy atom. The van der Waals surface area contributed by atoms with Gasteiger partial charge in [0.25, 0.3) is 11.6 Å². The third-order valence-electron chi connectivity index (χ3n) is 3.91. The molecule has 1 saturated heterocycles. The van der Waals surface area contributed by atoms with E-state index in [0.717, 1.165) is 19.5 Å². The van der Waals surface area contributed by atoms with Gasteiger partial charge >= 0.3 is 0 Å². The third-order valence-corrected chi connectivity index (χ3v) is 3.91. The zero-order valence-corrected chi connectivity index (χ0v) is 13.3. The van der Waals surface area contributed by atoms with Crippen LogP contribution in [0.3, 0.4) is 0 Å². The van der Waals surface area contributed by atoms with Gasteiger partial charge in [-0.1, -0.05) is 0 Å². The Kier molecular flexibility index (Phi) is 4.97. The predicted octanol–water partition coefficient (Wildman–Crippen LogP) is 1.44. The second-order valence-corrected chi connectivity index (χ2v) is 5.80. The second kappa shape index (κ2) is 6.74. The summed E-state index contributed by atoms with van der Waals surface area (Å²) in [7, 11) is 5.69. The van der Waals surface area contributed by atoms with E-state index in [1.165, 1.54) is 12.1 Å². The molecule has 0 aliphatic carbocycles. The van der Waals surface area contributed by atoms with E-state index >= 15 is 0 Å². The smallest absolute Gasteiger partial charge is 0.270 e. The molecule has 0 radical (unpaired) electrons. The van der Waals surface area contributed by atoms with Gasteiger partial charge in [0.1, 0.15) is 0 Å². The van der Waals surface area contributed by atoms with Crippen LogP contribution in [-0.4, -0.2) is 68.0 Å². The molecule has 0 N–H and O–H groups in total. The molecule has 1 aromatic rings. The number of nitro benzene ring substituents is 1. The van der Waals surface area contributed by atoms with Crippen LogP contribution in [0.5, 0.6) is 0 Å². The number of hydrogen-bond donors (Lipinski definition) is 0. The lowest BCUT2D eigenvalue weighted by molar-refractivity contribution is -0.384. The molecule has 120 valence electrons. The number of likely N-dealkylation sites (N-methyl/N-ethyl adjacent to an activating group) is 1. The van der Waals surface area contributed by atoms with Gasteiger partial charge < -0.3 is 14.7 Å². The van der Waals surface area contributed by atoms with Gasteiger partial charge in [-0.15, -0.1) is 0 Å². The fourth-order valence-corrected chi connectivity index (χ4v) is 2.62. The molecule has 1 amide bonds. The largest absolute Gasteiger partial charge is 0.377 e. The summed E-state index contributed by atoms with van der Waals surface area (Å²) in [5, 5.41) is 11.0. The maximum Gasteiger partial charge on any atom is 0.270 e. The van der Waals surface area contributed by atoms with Crippen molar-refractivity contribution < 1.29 is 9.72 Å². The normalized spacial score (nSPS) is 16.2. The molecule has 0 spiro atoms. The van der Waals surface area contributed by atoms with Crippen LogP contribution in [0.2, 0.25) is 0 Å². The van der Waals surface area contributed by atoms with Crippen molar-refractivity contribution in [3.63, 3.8) is 0 Å². The molecular weight excluding hydrogens is 284 g/mol. The van der Waals surface area contributed by atoms with Crippen LogP contribution in [0.4, 0.5) is 11.4 Å². The topological polar surface area (TPSA) is 69.9 Å². The lowest BCUT2D eigenvalue weighted by Gasteiger charge is -2.24. The Balaban J connectivity index is 2.34. The average Bonchev–Trinajstić information content (AvgIpc) is 2.70. The minimum absolute atomic E-state index is 0.0547. The molecular formula is C15H22N4O3. The fraction of sp³-hybridized carbons (Fsp3) is 0.533. The zero-order valence-electron chi connectivity index (χ0n) is 13.3. The number of rotatable bonds is 3. The molecule has 7 nitrogen and oxygen atoms in total. The summed E-state index contributed by atoms with van der Waals surface area (Å²) in [6, 6.07) is 4.45. The second-order valence-electron chi connectivity index (χ2n) is 5.80. The van der Waals surface area contributed by atoms with Gasteiger partial charge in [0.05, 0.1) is 10.5 Å². The van der Waals surface area contributed by atoms with E-state index in [2.05, 4.69) is 4.90 Å². The van der Waals surface area contributed by atoms with E-state index in [0.29, 0.717) is 24.3 Å². The number of nitrogens with zero attached hydrogens (tertiary/aromatic N) is 4. The molecule has 1 aliphatic heterocycles. The summed E-state index contributed by atoms with van der Waals surface area (Å²) in [6.07, 6.45) is 0.911. The SMILES string of the molecule is CN1CCCN(C(=O)c2cc([N+](=O)[O-])ccc2N(C)C)CC1. The highest BCUT2D eigenvalue weighted by Gasteiger charge is 2.24. The van der Waals surface area contributed by atoms with Gasteiger partial charge in [-0.05, 0) is 26.1 Å². The molecule has 1 aliphatic rings. The first-order chi connectivity index (χ1) is 10.4. The van der Waals surface area contributed by atoms with Crippen molar-refractivity contribution in [3.05, 3.63) is 33.9 Å². The summed E-state index contributed by atoms with van der Waals surface area (Å²) in [6.45, 7) is 3.10. The van der Waals surface area contributed by atoms with Gasteiger partial charge in [-0.2, -0.15) is 0 Å². The predicted molar refractivity (Wildman–Crippen MR) is 85.4 cm³/mol. The van der Waals surface area contributed by atoms with Crippen LogP contribution in [-0.2, 0) is 0 Å². The molecule has 0 bridgehead atoms. The monoisotopic (exact) mass is 306 g/mol. The van der Waals surface area contributed by atoms with Crippen molar-refractivity contribution in [1.29, 1.82) is 0 Å². The number of non-ortho nitro benzene ring substituents is 1. The Labute approximate surface area is 130 Å². The van der Waals surface area contributed by atoms with Crippen molar-refractivity contribution >= 4 is 17.3 Å². The van der Waals surface area contributed by atoms with Crippen molar-refractivity contribution in [2.24, 2.45) is 0 Å². The first kappa shape index (κ1) is 16.2. The Morgan fingerprint density at radius 3 is 2.59 bits per heavy atom. The van der Waals surface area contributed by atoms with Crippen LogP contribution < -0.4 is 4.90 Å². The quantitative estimate of drug-likeness (QED) is 0.624. The van der Waals surface area contributed by atoms with Gasteiger partial charge in [0.15, 0.2) is 0 Å². The number of anilines is 1. The molecule has 0 aromatic heterocycles. The minimum atomic E-state index is -0.466. The van der Waals surface area contributed by atoms with Crippen LogP contribution >= 0.6 is 0 Å². The summed E-state index contributed by atoms with van der Waals surface area (Å²) in [5.74, 6) is -0.136. The Bertz CT molecular complexity index is 574. The highest BCUT2D eigenvalue weighted by atomic mass is 16.6. The van der Waals surface area contributed by atoms with Gasteiger partial charge in [-0.25, -0.2) is 0 Å². The highest BCUT2D eigenvalue weighted by Crippen LogP contribution is 2.26. The summed E-state index contributed by atoms with van der Waals surface area (Å²) >= 11 is 0. The molecule has 0 saturated carbocycles. The van der Waals surface area contributed by atoms with Crippen molar-refractivity contribution in [1.82, 2.24) is 9.80 Å². The zero-order chi connectivity index (χ0) is 16.3. The molecule has 0 unspecified atom stereocenters. The molecule has 2 rings (SSSR count). The van der Waals surface area contributed by atoms with E-state index < -0.39 is 4.92 Å². The maximum absolute atomic E-state index is 12.8. The number of hydrogen-bond acceptors (Lipinski definition) is 5. The van der Waals surface area contributed by atoms with E-state index in [1.807, 2.05) is 21.1 Å². The van der Waals surface area contributed by atoms with Crippen LogP contribution in [0, 0.1) is 10.1 Å². The van der Waals surface area contributed by atoms with Gasteiger partial charge in [0, 0.05) is 51.5 Å². The molecule has 1 heterocycles. The lowest BCUT2D eigenvalue weighted by atomic mass is 10.1. The van der Waals surface area contributed by atoms with Crippen molar-refractivity contribution in [3.8, 4) is 0 Å². The number of carbonyl (C=O) groups excluding carboxylic acids is 1. The molecule has 1 aromatic carbocycles. The molecule has 22 heavy (non-hydrogen) atoms. The lowest BCUT2D eigenvalue weighted by Crippen LogP contribution is -2.35. The van der Waals surface area contributed by atoms with Gasteiger partial charge in [-0.3, -0.25) is 14.9 Å². The maximum atomic E-state index is 12.8. The van der Waals surface area contributed by atoms with Gasteiger partial charge in [0.2, 0.25) is 0 Å². The Hall–Kier alpha value is -2.15.